The molecule has 0 bridgehead atoms. The first-order valence-electron chi connectivity index (χ1n) is 3.64. The van der Waals surface area contributed by atoms with Crippen LogP contribution >= 0.6 is 22.6 Å². The van der Waals surface area contributed by atoms with Crippen LogP contribution in [0.1, 0.15) is 12.0 Å². The van der Waals surface area contributed by atoms with E-state index in [1.807, 2.05) is 0 Å². The standard InChI is InChI=1S/C7H5F2IN2O3/c1-15-5-3(6(8)9)2-4(12(13)14)11-7(5)10/h2,6H,1H3. The third kappa shape index (κ3) is 2.49. The molecule has 8 heteroatoms. The Bertz CT molecular complexity index is 400. The number of methoxy groups -OCH3 is 1. The Kier molecular flexibility index (Phi) is 3.72. The lowest BCUT2D eigenvalue weighted by Gasteiger charge is -2.06. The van der Waals surface area contributed by atoms with E-state index in [2.05, 4.69) is 4.98 Å². The minimum atomic E-state index is -2.84. The summed E-state index contributed by atoms with van der Waals surface area (Å²) in [5.74, 6) is -0.744. The predicted octanol–water partition coefficient (Wildman–Crippen LogP) is 2.54. The summed E-state index contributed by atoms with van der Waals surface area (Å²) >= 11 is 1.60. The van der Waals surface area contributed by atoms with Gasteiger partial charge in [0.15, 0.2) is 5.75 Å². The summed E-state index contributed by atoms with van der Waals surface area (Å²) in [7, 11) is 1.21. The molecule has 15 heavy (non-hydrogen) atoms. The van der Waals surface area contributed by atoms with Gasteiger partial charge in [0, 0.05) is 28.7 Å². The van der Waals surface area contributed by atoms with Crippen LogP contribution in [0.4, 0.5) is 14.6 Å². The largest absolute Gasteiger partial charge is 0.491 e. The summed E-state index contributed by atoms with van der Waals surface area (Å²) in [4.78, 5) is 13.1. The highest BCUT2D eigenvalue weighted by atomic mass is 127. The molecule has 0 aliphatic rings. The average molecular weight is 330 g/mol. The summed E-state index contributed by atoms with van der Waals surface area (Å²) in [6.07, 6.45) is -2.84. The van der Waals surface area contributed by atoms with Gasteiger partial charge in [0.2, 0.25) is 0 Å². The highest BCUT2D eigenvalue weighted by Crippen LogP contribution is 2.34. The van der Waals surface area contributed by atoms with Crippen LogP contribution in [-0.4, -0.2) is 17.0 Å². The van der Waals surface area contributed by atoms with Crippen LogP contribution in [0, 0.1) is 13.8 Å². The zero-order valence-electron chi connectivity index (χ0n) is 7.41. The van der Waals surface area contributed by atoms with E-state index in [9.17, 15) is 18.9 Å². The quantitative estimate of drug-likeness (QED) is 0.370. The Morgan fingerprint density at radius 1 is 1.67 bits per heavy atom. The molecule has 0 spiro atoms. The molecule has 0 aliphatic heterocycles. The van der Waals surface area contributed by atoms with Crippen molar-refractivity contribution < 1.29 is 18.4 Å². The maximum atomic E-state index is 12.5. The molecule has 5 nitrogen and oxygen atoms in total. The first kappa shape index (κ1) is 12.0. The van der Waals surface area contributed by atoms with Gasteiger partial charge in [0.05, 0.1) is 12.7 Å². The molecule has 0 aromatic carbocycles. The van der Waals surface area contributed by atoms with E-state index in [1.54, 1.807) is 22.6 Å². The Labute approximate surface area is 96.7 Å². The summed E-state index contributed by atoms with van der Waals surface area (Å²) in [6.45, 7) is 0. The number of hydrogen-bond acceptors (Lipinski definition) is 4. The molecule has 0 saturated carbocycles. The van der Waals surface area contributed by atoms with Gasteiger partial charge in [-0.1, -0.05) is 0 Å². The third-order valence-electron chi connectivity index (χ3n) is 1.57. The Morgan fingerprint density at radius 3 is 2.67 bits per heavy atom. The zero-order chi connectivity index (χ0) is 11.6. The Morgan fingerprint density at radius 2 is 2.27 bits per heavy atom. The van der Waals surface area contributed by atoms with Gasteiger partial charge >= 0.3 is 5.82 Å². The van der Waals surface area contributed by atoms with Crippen LogP contribution < -0.4 is 4.74 Å². The van der Waals surface area contributed by atoms with Crippen molar-refractivity contribution in [3.8, 4) is 5.75 Å². The second-order valence-corrected chi connectivity index (χ2v) is 3.47. The SMILES string of the molecule is COc1c(C(F)F)cc([N+](=O)[O-])nc1I. The van der Waals surface area contributed by atoms with Gasteiger partial charge in [-0.05, 0) is 9.91 Å². The maximum absolute atomic E-state index is 12.5. The number of aromatic nitrogens is 1. The minimum Gasteiger partial charge on any atom is -0.491 e. The molecule has 0 atom stereocenters. The normalized spacial score (nSPS) is 10.5. The number of rotatable bonds is 3. The molecular weight excluding hydrogens is 325 g/mol. The highest BCUT2D eigenvalue weighted by molar-refractivity contribution is 14.1. The predicted molar refractivity (Wildman–Crippen MR) is 55.1 cm³/mol. The zero-order valence-corrected chi connectivity index (χ0v) is 9.57. The summed E-state index contributed by atoms with van der Waals surface area (Å²) < 4.78 is 29.7. The van der Waals surface area contributed by atoms with Crippen molar-refractivity contribution in [3.05, 3.63) is 25.4 Å². The minimum absolute atomic E-state index is 0.0413. The van der Waals surface area contributed by atoms with E-state index in [4.69, 9.17) is 4.74 Å². The molecule has 0 saturated heterocycles. The van der Waals surface area contributed by atoms with E-state index in [0.29, 0.717) is 6.07 Å². The molecule has 0 amide bonds. The molecule has 0 unspecified atom stereocenters. The van der Waals surface area contributed by atoms with Crippen LogP contribution in [0.25, 0.3) is 0 Å². The van der Waals surface area contributed by atoms with Crippen molar-refractivity contribution in [2.75, 3.05) is 7.11 Å². The molecule has 1 aromatic heterocycles. The number of alkyl halides is 2. The molecule has 0 radical (unpaired) electrons. The smallest absolute Gasteiger partial charge is 0.365 e. The number of nitro groups is 1. The number of pyridine rings is 1. The van der Waals surface area contributed by atoms with Gasteiger partial charge in [-0.2, -0.15) is 0 Å². The average Bonchev–Trinajstić information content (AvgIpc) is 2.16. The van der Waals surface area contributed by atoms with Gasteiger partial charge in [-0.25, -0.2) is 8.78 Å². The molecule has 0 N–H and O–H groups in total. The highest BCUT2D eigenvalue weighted by Gasteiger charge is 2.24. The molecule has 1 rings (SSSR count). The van der Waals surface area contributed by atoms with Crippen molar-refractivity contribution in [3.63, 3.8) is 0 Å². The van der Waals surface area contributed by atoms with Gasteiger partial charge in [-0.15, -0.1) is 0 Å². The van der Waals surface area contributed by atoms with Gasteiger partial charge in [0.1, 0.15) is 0 Å². The lowest BCUT2D eigenvalue weighted by atomic mass is 10.2. The Hall–Kier alpha value is -1.06. The summed E-state index contributed by atoms with van der Waals surface area (Å²) in [5, 5.41) is 10.4. The summed E-state index contributed by atoms with van der Waals surface area (Å²) in [5.41, 5.74) is -0.524. The third-order valence-corrected chi connectivity index (χ3v) is 2.30. The van der Waals surface area contributed by atoms with E-state index in [1.165, 1.54) is 7.11 Å². The fraction of sp³-hybridized carbons (Fsp3) is 0.286. The van der Waals surface area contributed by atoms with Gasteiger partial charge in [0.25, 0.3) is 10.1 Å². The second kappa shape index (κ2) is 4.64. The lowest BCUT2D eigenvalue weighted by Crippen LogP contribution is -2.01. The molecule has 82 valence electrons. The fourth-order valence-electron chi connectivity index (χ4n) is 0.965. The van der Waals surface area contributed by atoms with Crippen molar-refractivity contribution in [2.45, 2.75) is 6.43 Å². The van der Waals surface area contributed by atoms with Crippen LogP contribution in [0.5, 0.6) is 5.75 Å². The van der Waals surface area contributed by atoms with E-state index in [-0.39, 0.29) is 9.45 Å². The van der Waals surface area contributed by atoms with Gasteiger partial charge in [-0.3, -0.25) is 0 Å². The van der Waals surface area contributed by atoms with E-state index in [0.717, 1.165) is 0 Å². The molecular formula is C7H5F2IN2O3. The topological polar surface area (TPSA) is 65.3 Å². The van der Waals surface area contributed by atoms with E-state index >= 15 is 0 Å². The van der Waals surface area contributed by atoms with Crippen molar-refractivity contribution in [1.82, 2.24) is 4.98 Å². The molecule has 1 aromatic rings. The summed E-state index contributed by atoms with van der Waals surface area (Å²) in [6, 6.07) is 0.714. The van der Waals surface area contributed by atoms with Crippen LogP contribution in [0.2, 0.25) is 0 Å². The van der Waals surface area contributed by atoms with Gasteiger partial charge < -0.3 is 14.9 Å². The first-order chi connectivity index (χ1) is 6.97. The Balaban J connectivity index is 3.38. The number of halogens is 3. The van der Waals surface area contributed by atoms with Crippen LogP contribution in [0.15, 0.2) is 6.07 Å². The number of ether oxygens (including phenoxy) is 1. The van der Waals surface area contributed by atoms with E-state index < -0.39 is 22.7 Å². The number of nitrogens with zero attached hydrogens (tertiary/aromatic N) is 2. The monoisotopic (exact) mass is 330 g/mol. The maximum Gasteiger partial charge on any atom is 0.365 e. The van der Waals surface area contributed by atoms with Crippen molar-refractivity contribution >= 4 is 28.4 Å². The number of hydrogen-bond donors (Lipinski definition) is 0. The fourth-order valence-corrected chi connectivity index (χ4v) is 1.74. The second-order valence-electron chi connectivity index (χ2n) is 2.45. The lowest BCUT2D eigenvalue weighted by molar-refractivity contribution is -0.389. The van der Waals surface area contributed by atoms with Crippen molar-refractivity contribution in [1.29, 1.82) is 0 Å². The molecule has 1 heterocycles. The molecule has 0 aliphatic carbocycles. The molecule has 0 fully saturated rings. The van der Waals surface area contributed by atoms with Crippen LogP contribution in [0.3, 0.4) is 0 Å². The van der Waals surface area contributed by atoms with Crippen LogP contribution in [-0.2, 0) is 0 Å². The van der Waals surface area contributed by atoms with Crippen molar-refractivity contribution in [2.24, 2.45) is 0 Å². The first-order valence-corrected chi connectivity index (χ1v) is 4.72.